The van der Waals surface area contributed by atoms with Gasteiger partial charge in [-0.15, -0.1) is 0 Å². The van der Waals surface area contributed by atoms with Gasteiger partial charge in [0.2, 0.25) is 0 Å². The summed E-state index contributed by atoms with van der Waals surface area (Å²) in [4.78, 5) is 10.7. The van der Waals surface area contributed by atoms with Crippen LogP contribution in [-0.2, 0) is 0 Å². The Bertz CT molecular complexity index is 689. The minimum Gasteiger partial charge on any atom is -0.351 e. The van der Waals surface area contributed by atoms with Crippen molar-refractivity contribution in [3.8, 4) is 6.07 Å². The maximum absolute atomic E-state index is 9.21. The van der Waals surface area contributed by atoms with E-state index in [9.17, 15) is 5.26 Å². The molecule has 21 heavy (non-hydrogen) atoms. The van der Waals surface area contributed by atoms with Gasteiger partial charge in [0.25, 0.3) is 0 Å². The van der Waals surface area contributed by atoms with Crippen molar-refractivity contribution in [2.24, 2.45) is 0 Å². The fraction of sp³-hybridized carbons (Fsp3) is 0.353. The van der Waals surface area contributed by atoms with Crippen molar-refractivity contribution in [2.45, 2.75) is 32.2 Å². The first-order valence-electron chi connectivity index (χ1n) is 7.24. The molecular weight excluding hydrogens is 260 g/mol. The topological polar surface area (TPSA) is 52.8 Å². The van der Waals surface area contributed by atoms with E-state index in [0.29, 0.717) is 23.5 Å². The molecule has 2 atom stereocenters. The van der Waals surface area contributed by atoms with Crippen molar-refractivity contribution < 1.29 is 0 Å². The summed E-state index contributed by atoms with van der Waals surface area (Å²) < 4.78 is 0. The van der Waals surface area contributed by atoms with Crippen LogP contribution in [0.4, 0.5) is 5.82 Å². The fourth-order valence-corrected chi connectivity index (χ4v) is 3.22. The normalized spacial score (nSPS) is 21.3. The van der Waals surface area contributed by atoms with Crippen LogP contribution in [-0.4, -0.2) is 22.6 Å². The van der Waals surface area contributed by atoms with Gasteiger partial charge in [0.05, 0.1) is 0 Å². The highest BCUT2D eigenvalue weighted by atomic mass is 15.2. The smallest absolute Gasteiger partial charge is 0.183 e. The van der Waals surface area contributed by atoms with E-state index in [2.05, 4.69) is 59.1 Å². The molecule has 0 radical (unpaired) electrons. The third kappa shape index (κ3) is 2.47. The maximum Gasteiger partial charge on any atom is 0.183 e. The second kappa shape index (κ2) is 5.53. The van der Waals surface area contributed by atoms with Crippen LogP contribution >= 0.6 is 0 Å². The molecule has 1 aromatic heterocycles. The predicted octanol–water partition coefficient (Wildman–Crippen LogP) is 3.04. The Morgan fingerprint density at radius 2 is 2.00 bits per heavy atom. The molecule has 106 valence electrons. The van der Waals surface area contributed by atoms with E-state index in [4.69, 9.17) is 0 Å². The Labute approximate surface area is 125 Å². The quantitative estimate of drug-likeness (QED) is 0.847. The molecule has 1 aromatic carbocycles. The fourth-order valence-electron chi connectivity index (χ4n) is 3.22. The molecule has 0 unspecified atom stereocenters. The number of aromatic nitrogens is 2. The third-order valence-electron chi connectivity index (χ3n) is 4.26. The molecule has 4 heteroatoms. The second-order valence-corrected chi connectivity index (χ2v) is 5.63. The largest absolute Gasteiger partial charge is 0.351 e. The molecule has 0 bridgehead atoms. The molecule has 0 aliphatic carbocycles. The molecule has 1 fully saturated rings. The van der Waals surface area contributed by atoms with Crippen LogP contribution in [0.25, 0.3) is 0 Å². The van der Waals surface area contributed by atoms with Crippen molar-refractivity contribution in [3.05, 3.63) is 53.5 Å². The van der Waals surface area contributed by atoms with Crippen molar-refractivity contribution in [1.82, 2.24) is 9.97 Å². The number of hydrogen-bond donors (Lipinski definition) is 0. The Morgan fingerprint density at radius 1 is 1.24 bits per heavy atom. The summed E-state index contributed by atoms with van der Waals surface area (Å²) in [6, 6.07) is 11.0. The van der Waals surface area contributed by atoms with Gasteiger partial charge in [0, 0.05) is 30.9 Å². The summed E-state index contributed by atoms with van der Waals surface area (Å²) in [6.07, 6.45) is 4.30. The summed E-state index contributed by atoms with van der Waals surface area (Å²) in [7, 11) is 0. The van der Waals surface area contributed by atoms with Gasteiger partial charge in [-0.25, -0.2) is 9.97 Å². The molecule has 1 aliphatic rings. The van der Waals surface area contributed by atoms with Gasteiger partial charge in [-0.05, 0) is 31.4 Å². The average molecular weight is 278 g/mol. The van der Waals surface area contributed by atoms with Crippen LogP contribution in [0.5, 0.6) is 0 Å². The summed E-state index contributed by atoms with van der Waals surface area (Å²) in [5.41, 5.74) is 3.14. The molecule has 1 aliphatic heterocycles. The van der Waals surface area contributed by atoms with E-state index < -0.39 is 0 Å². The minimum absolute atomic E-state index is 0.360. The number of rotatable bonds is 2. The van der Waals surface area contributed by atoms with Crippen molar-refractivity contribution in [1.29, 1.82) is 5.26 Å². The summed E-state index contributed by atoms with van der Waals surface area (Å²) in [5.74, 6) is 1.19. The Kier molecular flexibility index (Phi) is 3.57. The van der Waals surface area contributed by atoms with E-state index in [1.807, 2.05) is 0 Å². The van der Waals surface area contributed by atoms with E-state index in [1.165, 1.54) is 11.1 Å². The van der Waals surface area contributed by atoms with Gasteiger partial charge in [-0.1, -0.05) is 24.3 Å². The van der Waals surface area contributed by atoms with Gasteiger partial charge in [-0.2, -0.15) is 5.26 Å². The van der Waals surface area contributed by atoms with E-state index in [0.717, 1.165) is 13.0 Å². The van der Waals surface area contributed by atoms with Gasteiger partial charge in [-0.3, -0.25) is 0 Å². The summed E-state index contributed by atoms with van der Waals surface area (Å²) in [6.45, 7) is 5.24. The minimum atomic E-state index is 0.360. The number of nitrogens with zero attached hydrogens (tertiary/aromatic N) is 4. The van der Waals surface area contributed by atoms with Crippen LogP contribution in [0.2, 0.25) is 0 Å². The van der Waals surface area contributed by atoms with Crippen LogP contribution in [0.1, 0.15) is 36.1 Å². The van der Waals surface area contributed by atoms with Gasteiger partial charge >= 0.3 is 0 Å². The van der Waals surface area contributed by atoms with Crippen LogP contribution in [0.15, 0.2) is 36.7 Å². The maximum atomic E-state index is 9.21. The number of nitriles is 1. The van der Waals surface area contributed by atoms with Gasteiger partial charge in [0.1, 0.15) is 6.07 Å². The molecule has 4 nitrogen and oxygen atoms in total. The highest BCUT2D eigenvalue weighted by Crippen LogP contribution is 2.35. The standard InChI is InChI=1S/C17H18N4/c1-12-5-3-4-6-15(12)14-9-13(2)21(11-14)17-16(10-18)19-7-8-20-17/h3-8,13-14H,9,11H2,1-2H3/t13-,14-/m1/s1. The molecule has 0 spiro atoms. The lowest BCUT2D eigenvalue weighted by Gasteiger charge is -2.22. The first-order chi connectivity index (χ1) is 10.2. The SMILES string of the molecule is Cc1ccccc1[C@@H]1C[C@@H](C)N(c2nccnc2C#N)C1. The van der Waals surface area contributed by atoms with Crippen molar-refractivity contribution in [3.63, 3.8) is 0 Å². The number of anilines is 1. The first-order valence-corrected chi connectivity index (χ1v) is 7.24. The highest BCUT2D eigenvalue weighted by Gasteiger charge is 2.32. The molecule has 2 heterocycles. The van der Waals surface area contributed by atoms with E-state index in [1.54, 1.807) is 12.4 Å². The Balaban J connectivity index is 1.91. The van der Waals surface area contributed by atoms with Gasteiger partial charge in [0.15, 0.2) is 11.5 Å². The lowest BCUT2D eigenvalue weighted by Crippen LogP contribution is -2.28. The monoisotopic (exact) mass is 278 g/mol. The molecule has 0 amide bonds. The zero-order valence-corrected chi connectivity index (χ0v) is 12.3. The third-order valence-corrected chi connectivity index (χ3v) is 4.26. The zero-order chi connectivity index (χ0) is 14.8. The predicted molar refractivity (Wildman–Crippen MR) is 82.1 cm³/mol. The lowest BCUT2D eigenvalue weighted by molar-refractivity contribution is 0.693. The second-order valence-electron chi connectivity index (χ2n) is 5.63. The average Bonchev–Trinajstić information content (AvgIpc) is 2.89. The van der Waals surface area contributed by atoms with Crippen LogP contribution in [0, 0.1) is 18.3 Å². The molecular formula is C17H18N4. The zero-order valence-electron chi connectivity index (χ0n) is 12.3. The van der Waals surface area contributed by atoms with E-state index >= 15 is 0 Å². The van der Waals surface area contributed by atoms with E-state index in [-0.39, 0.29) is 0 Å². The van der Waals surface area contributed by atoms with Crippen LogP contribution in [0.3, 0.4) is 0 Å². The Morgan fingerprint density at radius 3 is 2.76 bits per heavy atom. The van der Waals surface area contributed by atoms with Crippen molar-refractivity contribution >= 4 is 5.82 Å². The summed E-state index contributed by atoms with van der Waals surface area (Å²) in [5, 5.41) is 9.21. The lowest BCUT2D eigenvalue weighted by atomic mass is 9.93. The van der Waals surface area contributed by atoms with Gasteiger partial charge < -0.3 is 4.90 Å². The molecule has 2 aromatic rings. The Hall–Kier alpha value is -2.41. The van der Waals surface area contributed by atoms with Crippen molar-refractivity contribution in [2.75, 3.05) is 11.4 Å². The number of aryl methyl sites for hydroxylation is 1. The molecule has 0 N–H and O–H groups in total. The molecule has 1 saturated heterocycles. The highest BCUT2D eigenvalue weighted by molar-refractivity contribution is 5.52. The van der Waals surface area contributed by atoms with Crippen LogP contribution < -0.4 is 4.90 Å². The first kappa shape index (κ1) is 13.6. The molecule has 0 saturated carbocycles. The number of hydrogen-bond acceptors (Lipinski definition) is 4. The number of benzene rings is 1. The molecule has 3 rings (SSSR count). The summed E-state index contributed by atoms with van der Waals surface area (Å²) >= 11 is 0.